The van der Waals surface area contributed by atoms with E-state index in [-0.39, 0.29) is 0 Å². The van der Waals surface area contributed by atoms with Crippen molar-refractivity contribution in [3.8, 4) is 0 Å². The van der Waals surface area contributed by atoms with Crippen LogP contribution < -0.4 is 0 Å². The van der Waals surface area contributed by atoms with Crippen LogP contribution in [0.2, 0.25) is 0 Å². The highest BCUT2D eigenvalue weighted by Gasteiger charge is 2.20. The summed E-state index contributed by atoms with van der Waals surface area (Å²) in [6, 6.07) is 8.49. The van der Waals surface area contributed by atoms with E-state index in [1.165, 1.54) is 29.9 Å². The van der Waals surface area contributed by atoms with Crippen molar-refractivity contribution in [3.05, 3.63) is 39.7 Å². The zero-order valence-electron chi connectivity index (χ0n) is 8.08. The third-order valence-electron chi connectivity index (χ3n) is 2.39. The zero-order valence-corrected chi connectivity index (χ0v) is 10.5. The molecule has 2 heteroatoms. The molecule has 1 heterocycles. The minimum Gasteiger partial charge on any atom is -0.0537 e. The lowest BCUT2D eigenvalue weighted by Crippen LogP contribution is -1.96. The number of hydrogen-bond donors (Lipinski definition) is 0. The van der Waals surface area contributed by atoms with Gasteiger partial charge in [0.05, 0.1) is 0 Å². The lowest BCUT2D eigenvalue weighted by molar-refractivity contribution is 0.949. The number of hydrogen-bond acceptors (Lipinski definition) is 0. The van der Waals surface area contributed by atoms with Crippen molar-refractivity contribution in [2.45, 2.75) is 12.8 Å². The van der Waals surface area contributed by atoms with Crippen molar-refractivity contribution in [2.75, 3.05) is 11.5 Å². The Hall–Kier alpha value is -0.210. The quantitative estimate of drug-likeness (QED) is 0.716. The van der Waals surface area contributed by atoms with E-state index in [0.717, 1.165) is 4.47 Å². The first kappa shape index (κ1) is 10.3. The number of rotatable bonds is 2. The van der Waals surface area contributed by atoms with E-state index in [9.17, 15) is 0 Å². The van der Waals surface area contributed by atoms with Crippen LogP contribution in [0, 0.1) is 0 Å². The van der Waals surface area contributed by atoms with Crippen LogP contribution in [0.15, 0.2) is 34.1 Å². The summed E-state index contributed by atoms with van der Waals surface area (Å²) < 4.78 is 1.15. The van der Waals surface area contributed by atoms with Crippen LogP contribution in [-0.2, 0) is 10.9 Å². The Labute approximate surface area is 96.9 Å². The number of benzene rings is 1. The highest BCUT2D eigenvalue weighted by molar-refractivity contribution is 9.10. The van der Waals surface area contributed by atoms with Crippen LogP contribution in [0.25, 0.3) is 6.08 Å². The van der Waals surface area contributed by atoms with Gasteiger partial charge < -0.3 is 0 Å². The molecule has 0 bridgehead atoms. The van der Waals surface area contributed by atoms with Gasteiger partial charge in [-0.2, -0.15) is 0 Å². The Morgan fingerprint density at radius 3 is 2.36 bits per heavy atom. The van der Waals surface area contributed by atoms with Gasteiger partial charge in [0.15, 0.2) is 0 Å². The topological polar surface area (TPSA) is 0 Å². The van der Waals surface area contributed by atoms with E-state index in [1.54, 1.807) is 0 Å². The monoisotopic (exact) mass is 269 g/mol. The van der Waals surface area contributed by atoms with E-state index in [2.05, 4.69) is 51.7 Å². The van der Waals surface area contributed by atoms with Crippen molar-refractivity contribution in [1.82, 2.24) is 0 Å². The third kappa shape index (κ3) is 2.89. The summed E-state index contributed by atoms with van der Waals surface area (Å²) in [6.07, 6.45) is 5.11. The van der Waals surface area contributed by atoms with Crippen molar-refractivity contribution in [1.29, 1.82) is 0 Å². The molecule has 1 aromatic rings. The standard InChI is InChI=1S/C12H14BrS/c13-12-5-3-11(4-6-12)7-10-14-8-1-2-9-14/h3-7,10H,1-2,8-9H2/q+1/b10-7+. The summed E-state index contributed by atoms with van der Waals surface area (Å²) in [4.78, 5) is 0. The smallest absolute Gasteiger partial charge is 0.0537 e. The molecule has 0 N–H and O–H groups in total. The fourth-order valence-electron chi connectivity index (χ4n) is 1.56. The summed E-state index contributed by atoms with van der Waals surface area (Å²) in [6.45, 7) is 0. The van der Waals surface area contributed by atoms with Crippen LogP contribution >= 0.6 is 15.9 Å². The van der Waals surface area contributed by atoms with Gasteiger partial charge in [0.25, 0.3) is 0 Å². The van der Waals surface area contributed by atoms with E-state index in [4.69, 9.17) is 0 Å². The second kappa shape index (κ2) is 5.04. The molecule has 0 radical (unpaired) electrons. The molecule has 1 aliphatic rings. The zero-order chi connectivity index (χ0) is 9.80. The molecule has 0 aliphatic carbocycles. The van der Waals surface area contributed by atoms with E-state index in [0.29, 0.717) is 10.9 Å². The molecule has 14 heavy (non-hydrogen) atoms. The molecule has 0 unspecified atom stereocenters. The second-order valence-electron chi connectivity index (χ2n) is 3.51. The molecule has 0 spiro atoms. The predicted molar refractivity (Wildman–Crippen MR) is 69.5 cm³/mol. The van der Waals surface area contributed by atoms with Crippen LogP contribution in [0.3, 0.4) is 0 Å². The fraction of sp³-hybridized carbons (Fsp3) is 0.333. The molecule has 1 aliphatic heterocycles. The fourth-order valence-corrected chi connectivity index (χ4v) is 3.80. The maximum Gasteiger partial charge on any atom is 0.119 e. The molecule has 0 aromatic heterocycles. The van der Waals surface area contributed by atoms with Gasteiger partial charge in [-0.15, -0.1) is 0 Å². The Morgan fingerprint density at radius 2 is 1.71 bits per heavy atom. The molecule has 0 atom stereocenters. The minimum absolute atomic E-state index is 0.575. The molecule has 74 valence electrons. The van der Waals surface area contributed by atoms with E-state index < -0.39 is 0 Å². The normalized spacial score (nSPS) is 18.1. The average molecular weight is 270 g/mol. The molecule has 0 amide bonds. The highest BCUT2D eigenvalue weighted by Crippen LogP contribution is 2.17. The first-order valence-corrected chi connectivity index (χ1v) is 7.36. The van der Waals surface area contributed by atoms with Gasteiger partial charge in [-0.1, -0.05) is 28.1 Å². The van der Waals surface area contributed by atoms with Crippen LogP contribution in [-0.4, -0.2) is 11.5 Å². The number of halogens is 1. The molecule has 2 rings (SSSR count). The van der Waals surface area contributed by atoms with Gasteiger partial charge >= 0.3 is 0 Å². The SMILES string of the molecule is Brc1ccc(/C=C/[S+]2CCCC2)cc1. The lowest BCUT2D eigenvalue weighted by Gasteiger charge is -1.93. The molecule has 1 fully saturated rings. The van der Waals surface area contributed by atoms with Gasteiger partial charge in [0.2, 0.25) is 0 Å². The first-order valence-electron chi connectivity index (χ1n) is 4.95. The summed E-state index contributed by atoms with van der Waals surface area (Å²) in [5.74, 6) is 2.82. The van der Waals surface area contributed by atoms with Gasteiger partial charge in [0, 0.05) is 15.4 Å². The van der Waals surface area contributed by atoms with Crippen LogP contribution in [0.5, 0.6) is 0 Å². The highest BCUT2D eigenvalue weighted by atomic mass is 79.9. The van der Waals surface area contributed by atoms with Crippen LogP contribution in [0.4, 0.5) is 0 Å². The Kier molecular flexibility index (Phi) is 3.71. The Bertz CT molecular complexity index is 310. The second-order valence-corrected chi connectivity index (χ2v) is 6.59. The minimum atomic E-state index is 0.575. The molecular formula is C12H14BrS+. The third-order valence-corrected chi connectivity index (χ3v) is 5.06. The summed E-state index contributed by atoms with van der Waals surface area (Å²) in [5.41, 5.74) is 1.31. The van der Waals surface area contributed by atoms with E-state index in [1.807, 2.05) is 0 Å². The largest absolute Gasteiger partial charge is 0.119 e. The Morgan fingerprint density at radius 1 is 1.07 bits per heavy atom. The van der Waals surface area contributed by atoms with Gasteiger partial charge in [-0.05, 0) is 36.6 Å². The molecular weight excluding hydrogens is 256 g/mol. The van der Waals surface area contributed by atoms with Crippen molar-refractivity contribution < 1.29 is 0 Å². The van der Waals surface area contributed by atoms with Crippen molar-refractivity contribution >= 4 is 32.9 Å². The lowest BCUT2D eigenvalue weighted by atomic mass is 10.2. The molecule has 1 saturated heterocycles. The Balaban J connectivity index is 1.99. The molecule has 1 aromatic carbocycles. The summed E-state index contributed by atoms with van der Waals surface area (Å²) in [7, 11) is 0.575. The molecule has 0 saturated carbocycles. The maximum atomic E-state index is 3.44. The van der Waals surface area contributed by atoms with Crippen molar-refractivity contribution in [3.63, 3.8) is 0 Å². The molecule has 0 nitrogen and oxygen atoms in total. The maximum absolute atomic E-state index is 3.44. The van der Waals surface area contributed by atoms with Crippen molar-refractivity contribution in [2.24, 2.45) is 0 Å². The van der Waals surface area contributed by atoms with E-state index >= 15 is 0 Å². The average Bonchev–Trinajstić information content (AvgIpc) is 2.70. The summed E-state index contributed by atoms with van der Waals surface area (Å²) >= 11 is 3.44. The summed E-state index contributed by atoms with van der Waals surface area (Å²) in [5, 5.41) is 2.40. The van der Waals surface area contributed by atoms with Gasteiger partial charge in [0.1, 0.15) is 16.9 Å². The first-order chi connectivity index (χ1) is 6.84. The van der Waals surface area contributed by atoms with Crippen LogP contribution in [0.1, 0.15) is 18.4 Å². The predicted octanol–water partition coefficient (Wildman–Crippen LogP) is 3.83. The van der Waals surface area contributed by atoms with Gasteiger partial charge in [-0.25, -0.2) is 0 Å². The van der Waals surface area contributed by atoms with Gasteiger partial charge in [-0.3, -0.25) is 0 Å².